The summed E-state index contributed by atoms with van der Waals surface area (Å²) in [5.41, 5.74) is 0. The molecule has 58 valence electrons. The van der Waals surface area contributed by atoms with Gasteiger partial charge in [0.25, 0.3) is 0 Å². The monoisotopic (exact) mass is 175 g/mol. The molecule has 0 atom stereocenters. The number of rotatable bonds is 1. The highest BCUT2D eigenvalue weighted by atomic mass is 32.2. The topological polar surface area (TPSA) is 12.4 Å². The van der Waals surface area contributed by atoms with E-state index in [4.69, 9.17) is 0 Å². The van der Waals surface area contributed by atoms with Gasteiger partial charge in [-0.25, -0.2) is 0 Å². The molecule has 1 heterocycles. The van der Waals surface area contributed by atoms with Crippen LogP contribution in [0.4, 0.5) is 0 Å². The maximum atomic E-state index is 4.42. The Morgan fingerprint density at radius 2 is 2.40 bits per heavy atom. The van der Waals surface area contributed by atoms with Crippen molar-refractivity contribution in [3.05, 3.63) is 0 Å². The summed E-state index contributed by atoms with van der Waals surface area (Å²) in [5, 5.41) is 0. The third-order valence-electron chi connectivity index (χ3n) is 1.22. The molecule has 1 nitrogen and oxygen atoms in total. The minimum atomic E-state index is 0.359. The van der Waals surface area contributed by atoms with Crippen LogP contribution in [0, 0.1) is 0 Å². The molecule has 0 spiro atoms. The summed E-state index contributed by atoms with van der Waals surface area (Å²) in [6, 6.07) is 0. The molecule has 3 heteroatoms. The zero-order valence-electron chi connectivity index (χ0n) is 6.68. The third kappa shape index (κ3) is 2.20. The molecule has 0 unspecified atom stereocenters. The first-order valence-corrected chi connectivity index (χ1v) is 5.30. The van der Waals surface area contributed by atoms with Gasteiger partial charge in [0.05, 0.1) is 6.54 Å². The van der Waals surface area contributed by atoms with Crippen LogP contribution < -0.4 is 0 Å². The molecule has 0 aromatic rings. The van der Waals surface area contributed by atoms with Crippen molar-refractivity contribution in [1.29, 1.82) is 0 Å². The quantitative estimate of drug-likeness (QED) is 0.607. The van der Waals surface area contributed by atoms with Crippen molar-refractivity contribution < 1.29 is 0 Å². The van der Waals surface area contributed by atoms with E-state index >= 15 is 0 Å². The summed E-state index contributed by atoms with van der Waals surface area (Å²) >= 11 is 3.76. The van der Waals surface area contributed by atoms with Crippen LogP contribution in [0.1, 0.15) is 20.8 Å². The first-order chi connectivity index (χ1) is 4.64. The van der Waals surface area contributed by atoms with Crippen LogP contribution in [0.15, 0.2) is 4.99 Å². The number of hydrogen-bond donors (Lipinski definition) is 0. The second-order valence-electron chi connectivity index (χ2n) is 2.88. The standard InChI is InChI=1S/C7H13NS2/c1-4-9-6-8-5-7(2,3)10-6/h4-5H2,1-3H3. The predicted molar refractivity (Wildman–Crippen MR) is 52.1 cm³/mol. The Bertz CT molecular complexity index is 152. The Balaban J connectivity index is 2.39. The average Bonchev–Trinajstić information content (AvgIpc) is 2.12. The molecule has 0 saturated carbocycles. The minimum Gasteiger partial charge on any atom is -0.270 e. The van der Waals surface area contributed by atoms with Crippen LogP contribution in [0.25, 0.3) is 0 Å². The van der Waals surface area contributed by atoms with Gasteiger partial charge in [0.2, 0.25) is 0 Å². The molecular formula is C7H13NS2. The Labute approximate surface area is 71.1 Å². The summed E-state index contributed by atoms with van der Waals surface area (Å²) < 4.78 is 1.63. The average molecular weight is 175 g/mol. The van der Waals surface area contributed by atoms with Gasteiger partial charge < -0.3 is 0 Å². The van der Waals surface area contributed by atoms with Crippen LogP contribution in [0.2, 0.25) is 0 Å². The van der Waals surface area contributed by atoms with Crippen molar-refractivity contribution in [1.82, 2.24) is 0 Å². The molecule has 0 aromatic heterocycles. The van der Waals surface area contributed by atoms with Gasteiger partial charge in [0, 0.05) is 4.75 Å². The minimum absolute atomic E-state index is 0.359. The first kappa shape index (κ1) is 8.47. The first-order valence-electron chi connectivity index (χ1n) is 3.50. The van der Waals surface area contributed by atoms with Crippen LogP contribution >= 0.6 is 23.5 Å². The molecule has 0 bridgehead atoms. The molecule has 1 rings (SSSR count). The Morgan fingerprint density at radius 1 is 1.70 bits per heavy atom. The lowest BCUT2D eigenvalue weighted by molar-refractivity contribution is 0.741. The summed E-state index contributed by atoms with van der Waals surface area (Å²) in [6.07, 6.45) is 0. The zero-order chi connectivity index (χ0) is 7.61. The normalized spacial score (nSPS) is 22.9. The molecule has 0 aromatic carbocycles. The number of hydrogen-bond acceptors (Lipinski definition) is 3. The molecule has 1 aliphatic heterocycles. The molecular weight excluding hydrogens is 162 g/mol. The highest BCUT2D eigenvalue weighted by Gasteiger charge is 2.26. The van der Waals surface area contributed by atoms with Gasteiger partial charge in [0.15, 0.2) is 0 Å². The van der Waals surface area contributed by atoms with E-state index in [1.165, 1.54) is 4.38 Å². The second kappa shape index (κ2) is 3.18. The molecule has 0 aliphatic carbocycles. The van der Waals surface area contributed by atoms with E-state index in [0.29, 0.717) is 4.75 Å². The predicted octanol–water partition coefficient (Wildman–Crippen LogP) is 2.62. The molecule has 0 N–H and O–H groups in total. The second-order valence-corrected chi connectivity index (χ2v) is 6.08. The molecule has 0 amide bonds. The molecule has 10 heavy (non-hydrogen) atoms. The lowest BCUT2D eigenvalue weighted by atomic mass is 10.2. The van der Waals surface area contributed by atoms with Crippen molar-refractivity contribution in [3.8, 4) is 0 Å². The third-order valence-corrected chi connectivity index (χ3v) is 3.47. The lowest BCUT2D eigenvalue weighted by Gasteiger charge is -2.12. The number of thioether (sulfide) groups is 2. The SMILES string of the molecule is CCSC1=NCC(C)(C)S1. The van der Waals surface area contributed by atoms with Crippen LogP contribution in [-0.2, 0) is 0 Å². The molecule has 0 fully saturated rings. The fourth-order valence-electron chi connectivity index (χ4n) is 0.754. The number of aliphatic imine (C=N–C) groups is 1. The van der Waals surface area contributed by atoms with Crippen molar-refractivity contribution in [2.45, 2.75) is 25.5 Å². The fraction of sp³-hybridized carbons (Fsp3) is 0.857. The Hall–Kier alpha value is 0.370. The van der Waals surface area contributed by atoms with Crippen molar-refractivity contribution in [2.24, 2.45) is 4.99 Å². The van der Waals surface area contributed by atoms with E-state index in [0.717, 1.165) is 12.3 Å². The summed E-state index contributed by atoms with van der Waals surface area (Å²) in [7, 11) is 0. The maximum absolute atomic E-state index is 4.42. The van der Waals surface area contributed by atoms with Gasteiger partial charge in [-0.15, -0.1) is 11.8 Å². The van der Waals surface area contributed by atoms with E-state index in [-0.39, 0.29) is 0 Å². The van der Waals surface area contributed by atoms with E-state index in [2.05, 4.69) is 25.8 Å². The van der Waals surface area contributed by atoms with Crippen molar-refractivity contribution >= 4 is 27.9 Å². The van der Waals surface area contributed by atoms with Crippen LogP contribution in [0.5, 0.6) is 0 Å². The van der Waals surface area contributed by atoms with Gasteiger partial charge in [-0.1, -0.05) is 18.7 Å². The van der Waals surface area contributed by atoms with Crippen LogP contribution in [0.3, 0.4) is 0 Å². The van der Waals surface area contributed by atoms with Gasteiger partial charge in [-0.2, -0.15) is 0 Å². The summed E-state index contributed by atoms with van der Waals surface area (Å²) in [4.78, 5) is 4.42. The van der Waals surface area contributed by atoms with Gasteiger partial charge in [-0.3, -0.25) is 4.99 Å². The molecule has 0 radical (unpaired) electrons. The fourth-order valence-corrected chi connectivity index (χ4v) is 3.15. The molecule has 0 saturated heterocycles. The van der Waals surface area contributed by atoms with Gasteiger partial charge in [0.1, 0.15) is 4.38 Å². The highest BCUT2D eigenvalue weighted by molar-refractivity contribution is 8.39. The van der Waals surface area contributed by atoms with E-state index in [1.54, 1.807) is 0 Å². The highest BCUT2D eigenvalue weighted by Crippen LogP contribution is 2.36. The summed E-state index contributed by atoms with van der Waals surface area (Å²) in [5.74, 6) is 1.14. The van der Waals surface area contributed by atoms with E-state index in [9.17, 15) is 0 Å². The van der Waals surface area contributed by atoms with E-state index in [1.807, 2.05) is 23.5 Å². The largest absolute Gasteiger partial charge is 0.270 e. The van der Waals surface area contributed by atoms with Crippen molar-refractivity contribution in [2.75, 3.05) is 12.3 Å². The summed E-state index contributed by atoms with van der Waals surface area (Å²) in [6.45, 7) is 7.63. The zero-order valence-corrected chi connectivity index (χ0v) is 8.31. The molecule has 1 aliphatic rings. The van der Waals surface area contributed by atoms with Crippen LogP contribution in [-0.4, -0.2) is 21.4 Å². The maximum Gasteiger partial charge on any atom is 0.125 e. The Kier molecular flexibility index (Phi) is 2.69. The van der Waals surface area contributed by atoms with Gasteiger partial charge in [-0.05, 0) is 19.6 Å². The number of nitrogens with zero attached hydrogens (tertiary/aromatic N) is 1. The lowest BCUT2D eigenvalue weighted by Crippen LogP contribution is -2.14. The van der Waals surface area contributed by atoms with E-state index < -0.39 is 0 Å². The van der Waals surface area contributed by atoms with Gasteiger partial charge >= 0.3 is 0 Å². The van der Waals surface area contributed by atoms with Crippen molar-refractivity contribution in [3.63, 3.8) is 0 Å². The smallest absolute Gasteiger partial charge is 0.125 e. The Morgan fingerprint density at radius 3 is 2.80 bits per heavy atom.